The second kappa shape index (κ2) is 10.9. The molecule has 0 spiro atoms. The first-order valence-electron chi connectivity index (χ1n) is 13.4. The molecule has 4 aromatic rings. The van der Waals surface area contributed by atoms with Crippen molar-refractivity contribution in [3.8, 4) is 16.9 Å². The zero-order valence-corrected chi connectivity index (χ0v) is 23.5. The molecule has 11 nitrogen and oxygen atoms in total. The maximum atomic E-state index is 13.1. The summed E-state index contributed by atoms with van der Waals surface area (Å²) in [5.41, 5.74) is 6.10. The molecule has 0 aliphatic carbocycles. The van der Waals surface area contributed by atoms with Crippen LogP contribution in [0, 0.1) is 13.8 Å². The number of piperazine rings is 1. The predicted octanol–water partition coefficient (Wildman–Crippen LogP) is 3.90. The van der Waals surface area contributed by atoms with Crippen molar-refractivity contribution in [1.82, 2.24) is 39.6 Å². The van der Waals surface area contributed by atoms with Gasteiger partial charge in [-0.2, -0.15) is 5.10 Å². The monoisotopic (exact) mass is 528 g/mol. The van der Waals surface area contributed by atoms with Crippen LogP contribution in [-0.4, -0.2) is 77.8 Å². The van der Waals surface area contributed by atoms with Crippen molar-refractivity contribution >= 4 is 17.3 Å². The molecule has 204 valence electrons. The molecule has 11 heteroatoms. The molecule has 5 rings (SSSR count). The molecule has 0 unspecified atom stereocenters. The van der Waals surface area contributed by atoms with Crippen LogP contribution in [0.1, 0.15) is 55.5 Å². The van der Waals surface area contributed by atoms with Crippen molar-refractivity contribution < 1.29 is 4.79 Å². The Morgan fingerprint density at radius 1 is 0.949 bits per heavy atom. The predicted molar refractivity (Wildman–Crippen MR) is 151 cm³/mol. The van der Waals surface area contributed by atoms with Gasteiger partial charge in [-0.1, -0.05) is 5.21 Å². The third-order valence-corrected chi connectivity index (χ3v) is 7.27. The van der Waals surface area contributed by atoms with Crippen LogP contribution in [0.3, 0.4) is 0 Å². The number of anilines is 2. The number of amides is 1. The number of aromatic nitrogens is 7. The highest BCUT2D eigenvalue weighted by molar-refractivity contribution is 6.04. The molecule has 1 saturated heterocycles. The fourth-order valence-electron chi connectivity index (χ4n) is 4.89. The normalized spacial score (nSPS) is 14.4. The molecule has 1 fully saturated rings. The molecule has 0 bridgehead atoms. The van der Waals surface area contributed by atoms with Crippen LogP contribution in [0.15, 0.2) is 43.1 Å². The summed E-state index contributed by atoms with van der Waals surface area (Å²) in [6, 6.07) is 4.65. The maximum absolute atomic E-state index is 13.1. The summed E-state index contributed by atoms with van der Waals surface area (Å²) in [5.74, 6) is -0.259. The number of pyridine rings is 2. The van der Waals surface area contributed by atoms with E-state index in [2.05, 4.69) is 60.4 Å². The summed E-state index contributed by atoms with van der Waals surface area (Å²) in [6.45, 7) is 16.4. The SMILES string of the molecule is Cc1ncc(C(=O)Nc2cnn(C(C)C)c2C)cc1-n1cc(-c2cncc(N3CCN(C(C)C)CC3)c2)nn1. The highest BCUT2D eigenvalue weighted by Gasteiger charge is 2.20. The average Bonchev–Trinajstić information content (AvgIpc) is 3.56. The standard InChI is InChI=1S/C28H36N10O/c1-18(2)35-7-9-36(10-8-35)24-11-22(13-29-15-24)26-17-37(34-33-26)27-12-23(14-30-20(27)5)28(39)32-25-16-31-38(19(3)4)21(25)6/h11-19H,7-10H2,1-6H3,(H,32,39). The minimum Gasteiger partial charge on any atom is -0.368 e. The van der Waals surface area contributed by atoms with E-state index in [1.54, 1.807) is 29.3 Å². The van der Waals surface area contributed by atoms with Gasteiger partial charge in [-0.25, -0.2) is 4.68 Å². The lowest BCUT2D eigenvalue weighted by molar-refractivity contribution is 0.102. The summed E-state index contributed by atoms with van der Waals surface area (Å²) in [5, 5.41) is 16.1. The Labute approximate surface area is 228 Å². The van der Waals surface area contributed by atoms with E-state index in [0.717, 1.165) is 48.8 Å². The van der Waals surface area contributed by atoms with E-state index in [1.165, 1.54) is 0 Å². The van der Waals surface area contributed by atoms with E-state index in [-0.39, 0.29) is 11.9 Å². The van der Waals surface area contributed by atoms with Crippen molar-refractivity contribution in [3.63, 3.8) is 0 Å². The number of rotatable bonds is 7. The molecule has 0 atom stereocenters. The molecule has 1 amide bonds. The summed E-state index contributed by atoms with van der Waals surface area (Å²) in [4.78, 5) is 26.9. The number of nitrogens with zero attached hydrogens (tertiary/aromatic N) is 9. The van der Waals surface area contributed by atoms with Gasteiger partial charge in [-0.3, -0.25) is 24.3 Å². The molecule has 0 aromatic carbocycles. The third kappa shape index (κ3) is 5.53. The molecule has 4 aromatic heterocycles. The van der Waals surface area contributed by atoms with E-state index in [9.17, 15) is 4.79 Å². The van der Waals surface area contributed by atoms with Gasteiger partial charge in [-0.05, 0) is 53.7 Å². The average molecular weight is 529 g/mol. The fraction of sp³-hybridized carbons (Fsp3) is 0.429. The van der Waals surface area contributed by atoms with Crippen LogP contribution >= 0.6 is 0 Å². The second-order valence-electron chi connectivity index (χ2n) is 10.6. The Bertz CT molecular complexity index is 1460. The van der Waals surface area contributed by atoms with Crippen molar-refractivity contribution in [2.45, 2.75) is 53.6 Å². The van der Waals surface area contributed by atoms with Gasteiger partial charge in [0.25, 0.3) is 5.91 Å². The van der Waals surface area contributed by atoms with E-state index in [1.807, 2.05) is 44.8 Å². The van der Waals surface area contributed by atoms with Gasteiger partial charge < -0.3 is 10.2 Å². The number of carbonyl (C=O) groups is 1. The van der Waals surface area contributed by atoms with Crippen LogP contribution in [0.25, 0.3) is 16.9 Å². The van der Waals surface area contributed by atoms with Crippen LogP contribution in [-0.2, 0) is 0 Å². The number of hydrogen-bond acceptors (Lipinski definition) is 8. The summed E-state index contributed by atoms with van der Waals surface area (Å²) >= 11 is 0. The quantitative estimate of drug-likeness (QED) is 0.385. The summed E-state index contributed by atoms with van der Waals surface area (Å²) < 4.78 is 3.53. The Morgan fingerprint density at radius 3 is 2.41 bits per heavy atom. The fourth-order valence-corrected chi connectivity index (χ4v) is 4.89. The minimum atomic E-state index is -0.259. The van der Waals surface area contributed by atoms with Crippen molar-refractivity contribution in [2.75, 3.05) is 36.4 Å². The number of hydrogen-bond donors (Lipinski definition) is 1. The van der Waals surface area contributed by atoms with Gasteiger partial charge in [0.15, 0.2) is 0 Å². The smallest absolute Gasteiger partial charge is 0.257 e. The lowest BCUT2D eigenvalue weighted by Gasteiger charge is -2.38. The molecule has 0 saturated carbocycles. The van der Waals surface area contributed by atoms with Crippen LogP contribution in [0.2, 0.25) is 0 Å². The van der Waals surface area contributed by atoms with Gasteiger partial charge in [0.1, 0.15) is 5.69 Å². The molecule has 5 heterocycles. The van der Waals surface area contributed by atoms with Crippen LogP contribution in [0.5, 0.6) is 0 Å². The number of nitrogens with one attached hydrogen (secondary N) is 1. The summed E-state index contributed by atoms with van der Waals surface area (Å²) in [7, 11) is 0. The zero-order valence-electron chi connectivity index (χ0n) is 23.5. The minimum absolute atomic E-state index is 0.204. The van der Waals surface area contributed by atoms with Gasteiger partial charge in [0.05, 0.1) is 52.6 Å². The van der Waals surface area contributed by atoms with Crippen LogP contribution in [0.4, 0.5) is 11.4 Å². The van der Waals surface area contributed by atoms with E-state index >= 15 is 0 Å². The topological polar surface area (TPSA) is 110 Å². The first-order valence-corrected chi connectivity index (χ1v) is 13.4. The van der Waals surface area contributed by atoms with E-state index in [4.69, 9.17) is 0 Å². The van der Waals surface area contributed by atoms with E-state index < -0.39 is 0 Å². The Kier molecular flexibility index (Phi) is 7.42. The molecule has 1 aliphatic rings. The zero-order chi connectivity index (χ0) is 27.7. The number of carbonyl (C=O) groups excluding carboxylic acids is 1. The second-order valence-corrected chi connectivity index (χ2v) is 10.6. The Hall–Kier alpha value is -4.12. The Morgan fingerprint density at radius 2 is 1.72 bits per heavy atom. The van der Waals surface area contributed by atoms with Crippen molar-refractivity contribution in [1.29, 1.82) is 0 Å². The maximum Gasteiger partial charge on any atom is 0.257 e. The van der Waals surface area contributed by atoms with Gasteiger partial charge in [0, 0.05) is 56.2 Å². The van der Waals surface area contributed by atoms with Gasteiger partial charge in [-0.15, -0.1) is 5.10 Å². The third-order valence-electron chi connectivity index (χ3n) is 7.27. The van der Waals surface area contributed by atoms with Gasteiger partial charge >= 0.3 is 0 Å². The van der Waals surface area contributed by atoms with E-state index in [0.29, 0.717) is 28.7 Å². The Balaban J connectivity index is 1.34. The molecule has 1 aliphatic heterocycles. The molecular formula is C28H36N10O. The highest BCUT2D eigenvalue weighted by Crippen LogP contribution is 2.25. The molecular weight excluding hydrogens is 492 g/mol. The largest absolute Gasteiger partial charge is 0.368 e. The first-order chi connectivity index (χ1) is 18.7. The lowest BCUT2D eigenvalue weighted by atomic mass is 10.1. The highest BCUT2D eigenvalue weighted by atomic mass is 16.1. The van der Waals surface area contributed by atoms with Crippen molar-refractivity contribution in [2.24, 2.45) is 0 Å². The first kappa shape index (κ1) is 26.5. The van der Waals surface area contributed by atoms with Crippen LogP contribution < -0.4 is 10.2 Å². The van der Waals surface area contributed by atoms with Gasteiger partial charge in [0.2, 0.25) is 0 Å². The summed E-state index contributed by atoms with van der Waals surface area (Å²) in [6.07, 6.45) is 8.80. The van der Waals surface area contributed by atoms with Crippen molar-refractivity contribution in [3.05, 3.63) is 60.1 Å². The number of aryl methyl sites for hydroxylation is 1. The lowest BCUT2D eigenvalue weighted by Crippen LogP contribution is -2.48. The molecule has 1 N–H and O–H groups in total. The molecule has 0 radical (unpaired) electrons. The molecule has 39 heavy (non-hydrogen) atoms.